The first-order valence-corrected chi connectivity index (χ1v) is 19.6. The first-order valence-electron chi connectivity index (χ1n) is 14.6. The number of fused-ring (bicyclic) bond motifs is 3. The van der Waals surface area contributed by atoms with Gasteiger partial charge >= 0.3 is 5.97 Å². The number of aromatic nitrogens is 5. The highest BCUT2D eigenvalue weighted by Crippen LogP contribution is 2.32. The zero-order valence-corrected chi connectivity index (χ0v) is 33.3. The summed E-state index contributed by atoms with van der Waals surface area (Å²) in [5.41, 5.74) is 6.52. The fourth-order valence-corrected chi connectivity index (χ4v) is 5.81. The maximum atomic E-state index is 12.1. The van der Waals surface area contributed by atoms with Crippen LogP contribution in [-0.4, -0.2) is 47.1 Å². The summed E-state index contributed by atoms with van der Waals surface area (Å²) < 4.78 is 18.1. The molecular weight excluding hydrogens is 841 g/mol. The van der Waals surface area contributed by atoms with Crippen LogP contribution in [0.3, 0.4) is 0 Å². The number of nitrogens with zero attached hydrogens (tertiary/aromatic N) is 5. The van der Waals surface area contributed by atoms with Crippen molar-refractivity contribution < 1.29 is 18.8 Å². The number of aliphatic hydroxyl groups is 1. The largest absolute Gasteiger partial charge is 0.468 e. The van der Waals surface area contributed by atoms with Gasteiger partial charge in [0, 0.05) is 73.0 Å². The Kier molecular flexibility index (Phi) is 16.3. The van der Waals surface area contributed by atoms with Crippen LogP contribution in [0.25, 0.3) is 16.8 Å². The first kappa shape index (κ1) is 40.7. The van der Waals surface area contributed by atoms with Crippen LogP contribution in [-0.2, 0) is 49.5 Å². The lowest BCUT2D eigenvalue weighted by molar-refractivity contribution is -0.146. The first-order chi connectivity index (χ1) is 23.3. The molecule has 3 aromatic heterocycles. The van der Waals surface area contributed by atoms with Crippen LogP contribution in [0.15, 0.2) is 88.3 Å². The van der Waals surface area contributed by atoms with Crippen molar-refractivity contribution in [2.45, 2.75) is 51.5 Å². The summed E-state index contributed by atoms with van der Waals surface area (Å²) in [5.74, 6) is 2.22. The van der Waals surface area contributed by atoms with Gasteiger partial charge in [-0.3, -0.25) is 19.3 Å². The molecule has 2 aromatic carbocycles. The number of ether oxygens (including phenoxy) is 1. The second kappa shape index (κ2) is 19.6. The monoisotopic (exact) mass is 871 g/mol. The number of carbonyl (C=O) groups is 1. The number of halogens is 5. The van der Waals surface area contributed by atoms with Gasteiger partial charge in [-0.1, -0.05) is 34.1 Å². The predicted octanol–water partition coefficient (Wildman–Crippen LogP) is 8.75. The molecule has 260 valence electrons. The molecule has 0 aliphatic carbocycles. The van der Waals surface area contributed by atoms with Crippen molar-refractivity contribution in [1.82, 2.24) is 24.7 Å². The van der Waals surface area contributed by atoms with Crippen molar-refractivity contribution in [2.75, 3.05) is 7.11 Å². The molecule has 9 nitrogen and oxygen atoms in total. The SMILES string of the molecule is COC(=O)C(C)(C)c1cncc(-c2ccc3c(c2)CCc2nnc(C)n2-3)c1.ClCc1cccc(Br)c1.O=S(Cl)Cl.OCc1cncc(Br)c1. The summed E-state index contributed by atoms with van der Waals surface area (Å²) in [4.78, 5) is 20.3. The van der Waals surface area contributed by atoms with Gasteiger partial charge in [0.05, 0.1) is 24.8 Å². The van der Waals surface area contributed by atoms with Crippen molar-refractivity contribution in [3.05, 3.63) is 122 Å². The highest BCUT2D eigenvalue weighted by molar-refractivity contribution is 9.10. The molecule has 0 unspecified atom stereocenters. The Morgan fingerprint density at radius 3 is 2.22 bits per heavy atom. The van der Waals surface area contributed by atoms with E-state index in [1.807, 2.05) is 63.4 Å². The molecule has 6 rings (SSSR count). The van der Waals surface area contributed by atoms with Gasteiger partial charge in [-0.05, 0) is 107 Å². The molecule has 0 radical (unpaired) electrons. The lowest BCUT2D eigenvalue weighted by Crippen LogP contribution is -2.30. The third-order valence-corrected chi connectivity index (χ3v) is 8.54. The van der Waals surface area contributed by atoms with Gasteiger partial charge in [0.2, 0.25) is 9.23 Å². The number of hydrogen-bond donors (Lipinski definition) is 1. The zero-order valence-electron chi connectivity index (χ0n) is 27.0. The molecule has 1 N–H and O–H groups in total. The molecule has 1 aliphatic heterocycles. The van der Waals surface area contributed by atoms with Gasteiger partial charge in [0.1, 0.15) is 11.6 Å². The highest BCUT2D eigenvalue weighted by atomic mass is 79.9. The molecule has 5 aromatic rings. The number of esters is 1. The third-order valence-electron chi connectivity index (χ3n) is 7.31. The molecule has 0 saturated carbocycles. The van der Waals surface area contributed by atoms with Crippen molar-refractivity contribution in [3.63, 3.8) is 0 Å². The lowest BCUT2D eigenvalue weighted by Gasteiger charge is -2.22. The predicted molar refractivity (Wildman–Crippen MR) is 203 cm³/mol. The minimum atomic E-state index is -1.67. The molecule has 0 saturated heterocycles. The van der Waals surface area contributed by atoms with E-state index in [0.29, 0.717) is 5.88 Å². The van der Waals surface area contributed by atoms with Gasteiger partial charge < -0.3 is 9.84 Å². The van der Waals surface area contributed by atoms with E-state index in [0.717, 1.165) is 66.9 Å². The van der Waals surface area contributed by atoms with Crippen LogP contribution in [0.5, 0.6) is 0 Å². The van der Waals surface area contributed by atoms with Crippen LogP contribution in [0.2, 0.25) is 0 Å². The van der Waals surface area contributed by atoms with Gasteiger partial charge in [-0.2, -0.15) is 0 Å². The van der Waals surface area contributed by atoms with E-state index in [2.05, 4.69) is 96.2 Å². The smallest absolute Gasteiger partial charge is 0.315 e. The van der Waals surface area contributed by atoms with E-state index in [-0.39, 0.29) is 12.6 Å². The molecule has 49 heavy (non-hydrogen) atoms. The lowest BCUT2D eigenvalue weighted by atomic mass is 9.84. The van der Waals surface area contributed by atoms with Gasteiger partial charge in [0.15, 0.2) is 0 Å². The summed E-state index contributed by atoms with van der Waals surface area (Å²) >= 11 is 12.2. The number of pyridine rings is 2. The molecule has 0 amide bonds. The number of rotatable bonds is 5. The fourth-order valence-electron chi connectivity index (χ4n) is 4.79. The van der Waals surface area contributed by atoms with E-state index in [1.54, 1.807) is 18.6 Å². The summed E-state index contributed by atoms with van der Waals surface area (Å²) in [5, 5.41) is 17.1. The molecule has 0 spiro atoms. The third kappa shape index (κ3) is 11.9. The number of aryl methyl sites for hydroxylation is 3. The summed E-state index contributed by atoms with van der Waals surface area (Å²) in [6.07, 6.45) is 8.68. The summed E-state index contributed by atoms with van der Waals surface area (Å²) in [7, 11) is 8.77. The Labute approximate surface area is 319 Å². The van der Waals surface area contributed by atoms with Gasteiger partial charge in [-0.15, -0.1) is 21.8 Å². The number of hydrogen-bond acceptors (Lipinski definition) is 8. The van der Waals surface area contributed by atoms with Crippen LogP contribution in [0, 0.1) is 6.92 Å². The normalized spacial score (nSPS) is 11.4. The number of benzene rings is 2. The van der Waals surface area contributed by atoms with E-state index >= 15 is 0 Å². The maximum Gasteiger partial charge on any atom is 0.315 e. The molecule has 0 atom stereocenters. The number of methoxy groups -OCH3 is 1. The highest BCUT2D eigenvalue weighted by Gasteiger charge is 2.31. The van der Waals surface area contributed by atoms with Crippen LogP contribution < -0.4 is 0 Å². The second-order valence-electron chi connectivity index (χ2n) is 11.0. The quantitative estimate of drug-likeness (QED) is 0.106. The Bertz CT molecular complexity index is 1850. The molecule has 15 heteroatoms. The zero-order chi connectivity index (χ0) is 36.1. The average Bonchev–Trinajstić information content (AvgIpc) is 3.48. The van der Waals surface area contributed by atoms with Crippen LogP contribution in [0.1, 0.15) is 47.8 Å². The topological polar surface area (TPSA) is 120 Å². The van der Waals surface area contributed by atoms with Crippen molar-refractivity contribution in [2.24, 2.45) is 0 Å². The fraction of sp³-hybridized carbons (Fsp3) is 0.265. The summed E-state index contributed by atoms with van der Waals surface area (Å²) in [6, 6.07) is 18.2. The number of carbonyl (C=O) groups excluding carboxylic acids is 1. The van der Waals surface area contributed by atoms with Crippen molar-refractivity contribution in [1.29, 1.82) is 0 Å². The average molecular weight is 875 g/mol. The van der Waals surface area contributed by atoms with E-state index < -0.39 is 14.6 Å². The molecule has 4 heterocycles. The minimum absolute atomic E-state index is 0.0481. The van der Waals surface area contributed by atoms with Crippen LogP contribution >= 0.6 is 64.8 Å². The minimum Gasteiger partial charge on any atom is -0.468 e. The van der Waals surface area contributed by atoms with E-state index in [1.165, 1.54) is 12.7 Å². The van der Waals surface area contributed by atoms with Gasteiger partial charge in [0.25, 0.3) is 0 Å². The number of alkyl halides is 1. The molecular formula is C34H34Br2Cl3N5O4S. The van der Waals surface area contributed by atoms with E-state index in [9.17, 15) is 4.79 Å². The Hall–Kier alpha value is -2.71. The Balaban J connectivity index is 0.000000240. The van der Waals surface area contributed by atoms with E-state index in [4.69, 9.17) is 25.7 Å². The molecule has 0 bridgehead atoms. The standard InChI is InChI=1S/C21H22N4O2.C7H6BrCl.C6H6BrNO.Cl2OS/c1-13-23-24-19-8-6-15-9-14(5-7-18(15)25(13)19)16-10-17(12-22-11-16)21(2,3)20(26)27-4;8-7-3-1-2-6(4-7)5-9;7-6-1-5(4-9)2-8-3-6;1-4(2)3/h5,7,9-12H,6,8H2,1-4H3;1-4H,5H2;1-3,9H,4H2;. The molecule has 1 aliphatic rings. The van der Waals surface area contributed by atoms with Crippen LogP contribution in [0.4, 0.5) is 0 Å². The maximum absolute atomic E-state index is 12.1. The second-order valence-corrected chi connectivity index (χ2v) is 15.7. The Morgan fingerprint density at radius 2 is 1.63 bits per heavy atom. The number of aliphatic hydroxyl groups excluding tert-OH is 1. The molecule has 0 fully saturated rings. The van der Waals surface area contributed by atoms with Crippen molar-refractivity contribution >= 4 is 80.0 Å². The summed E-state index contributed by atoms with van der Waals surface area (Å²) in [6.45, 7) is 5.72. The Morgan fingerprint density at radius 1 is 0.939 bits per heavy atom. The van der Waals surface area contributed by atoms with Gasteiger partial charge in [-0.25, -0.2) is 4.21 Å². The van der Waals surface area contributed by atoms with Crippen molar-refractivity contribution in [3.8, 4) is 16.8 Å².